The van der Waals surface area contributed by atoms with Gasteiger partial charge in [0.2, 0.25) is 0 Å². The lowest BCUT2D eigenvalue weighted by Crippen LogP contribution is -2.38. The SMILES string of the molecule is CCN(CC)c1ccc(NC2=C(c3ccc(F)cc3)C(=O)N(C(C)C)C2=O)cc1. The Labute approximate surface area is 170 Å². The first kappa shape index (κ1) is 20.6. The zero-order chi connectivity index (χ0) is 21.1. The van der Waals surface area contributed by atoms with Gasteiger partial charge in [-0.15, -0.1) is 0 Å². The number of imide groups is 1. The lowest BCUT2D eigenvalue weighted by Gasteiger charge is -2.21. The summed E-state index contributed by atoms with van der Waals surface area (Å²) in [6.45, 7) is 9.58. The zero-order valence-corrected chi connectivity index (χ0v) is 17.2. The molecule has 29 heavy (non-hydrogen) atoms. The van der Waals surface area contributed by atoms with Gasteiger partial charge in [0.05, 0.1) is 5.57 Å². The Morgan fingerprint density at radius 2 is 1.52 bits per heavy atom. The monoisotopic (exact) mass is 395 g/mol. The van der Waals surface area contributed by atoms with Gasteiger partial charge < -0.3 is 10.2 Å². The van der Waals surface area contributed by atoms with Crippen LogP contribution in [0.1, 0.15) is 33.3 Å². The van der Waals surface area contributed by atoms with Crippen LogP contribution in [0.3, 0.4) is 0 Å². The fourth-order valence-electron chi connectivity index (χ4n) is 3.51. The average molecular weight is 395 g/mol. The second kappa shape index (κ2) is 8.47. The average Bonchev–Trinajstić information content (AvgIpc) is 2.94. The molecule has 152 valence electrons. The van der Waals surface area contributed by atoms with E-state index in [2.05, 4.69) is 24.1 Å². The van der Waals surface area contributed by atoms with Crippen molar-refractivity contribution in [2.24, 2.45) is 0 Å². The number of hydrogen-bond acceptors (Lipinski definition) is 4. The molecule has 0 unspecified atom stereocenters. The molecule has 0 fully saturated rings. The summed E-state index contributed by atoms with van der Waals surface area (Å²) in [5.41, 5.74) is 2.78. The van der Waals surface area contributed by atoms with E-state index < -0.39 is 5.82 Å². The van der Waals surface area contributed by atoms with Gasteiger partial charge in [-0.25, -0.2) is 4.39 Å². The normalized spacial score (nSPS) is 14.2. The van der Waals surface area contributed by atoms with E-state index in [1.807, 2.05) is 24.3 Å². The van der Waals surface area contributed by atoms with Crippen molar-refractivity contribution in [2.45, 2.75) is 33.7 Å². The number of hydrogen-bond donors (Lipinski definition) is 1. The molecule has 0 aliphatic carbocycles. The van der Waals surface area contributed by atoms with Crippen molar-refractivity contribution in [1.82, 2.24) is 4.90 Å². The topological polar surface area (TPSA) is 52.7 Å². The molecule has 0 spiro atoms. The third-order valence-corrected chi connectivity index (χ3v) is 5.03. The predicted octanol–water partition coefficient (Wildman–Crippen LogP) is 4.27. The summed E-state index contributed by atoms with van der Waals surface area (Å²) in [6.07, 6.45) is 0. The van der Waals surface area contributed by atoms with Crippen LogP contribution in [0.5, 0.6) is 0 Å². The van der Waals surface area contributed by atoms with Crippen molar-refractivity contribution in [1.29, 1.82) is 0 Å². The van der Waals surface area contributed by atoms with Gasteiger partial charge in [0, 0.05) is 30.5 Å². The molecule has 2 aromatic carbocycles. The largest absolute Gasteiger partial charge is 0.372 e. The summed E-state index contributed by atoms with van der Waals surface area (Å²) >= 11 is 0. The van der Waals surface area contributed by atoms with Crippen molar-refractivity contribution in [3.63, 3.8) is 0 Å². The minimum absolute atomic E-state index is 0.214. The van der Waals surface area contributed by atoms with E-state index in [0.717, 1.165) is 18.8 Å². The summed E-state index contributed by atoms with van der Waals surface area (Å²) in [6, 6.07) is 13.1. The van der Waals surface area contributed by atoms with Gasteiger partial charge in [-0.3, -0.25) is 14.5 Å². The second-order valence-electron chi connectivity index (χ2n) is 7.18. The molecule has 1 aliphatic rings. The Balaban J connectivity index is 1.99. The molecule has 0 aromatic heterocycles. The van der Waals surface area contributed by atoms with Gasteiger partial charge in [0.15, 0.2) is 0 Å². The fourth-order valence-corrected chi connectivity index (χ4v) is 3.51. The number of amides is 2. The molecular weight excluding hydrogens is 369 g/mol. The predicted molar refractivity (Wildman–Crippen MR) is 114 cm³/mol. The zero-order valence-electron chi connectivity index (χ0n) is 17.2. The number of halogens is 1. The summed E-state index contributed by atoms with van der Waals surface area (Å²) in [4.78, 5) is 29.4. The van der Waals surface area contributed by atoms with Crippen molar-refractivity contribution >= 4 is 28.8 Å². The Hall–Kier alpha value is -3.15. The number of nitrogens with one attached hydrogen (secondary N) is 1. The van der Waals surface area contributed by atoms with Crippen LogP contribution in [0.15, 0.2) is 54.2 Å². The Morgan fingerprint density at radius 3 is 2.03 bits per heavy atom. The van der Waals surface area contributed by atoms with E-state index in [4.69, 9.17) is 0 Å². The highest BCUT2D eigenvalue weighted by Gasteiger charge is 2.40. The molecule has 1 heterocycles. The first-order valence-corrected chi connectivity index (χ1v) is 9.87. The Bertz CT molecular complexity index is 930. The molecule has 0 saturated heterocycles. The maximum absolute atomic E-state index is 13.4. The molecule has 3 rings (SSSR count). The Morgan fingerprint density at radius 1 is 0.931 bits per heavy atom. The van der Waals surface area contributed by atoms with E-state index in [1.54, 1.807) is 13.8 Å². The van der Waals surface area contributed by atoms with Crippen molar-refractivity contribution in [3.8, 4) is 0 Å². The molecule has 0 saturated carbocycles. The maximum atomic E-state index is 13.4. The first-order valence-electron chi connectivity index (χ1n) is 9.87. The van der Waals surface area contributed by atoms with E-state index >= 15 is 0 Å². The number of carbonyl (C=O) groups is 2. The van der Waals surface area contributed by atoms with Crippen LogP contribution in [0.25, 0.3) is 5.57 Å². The van der Waals surface area contributed by atoms with Crippen LogP contribution >= 0.6 is 0 Å². The van der Waals surface area contributed by atoms with Crippen LogP contribution < -0.4 is 10.2 Å². The highest BCUT2D eigenvalue weighted by atomic mass is 19.1. The fraction of sp³-hybridized carbons (Fsp3) is 0.304. The molecule has 6 heteroatoms. The molecule has 1 N–H and O–H groups in total. The molecule has 5 nitrogen and oxygen atoms in total. The maximum Gasteiger partial charge on any atom is 0.278 e. The quantitative estimate of drug-likeness (QED) is 0.712. The minimum atomic E-state index is -0.395. The van der Waals surface area contributed by atoms with Crippen LogP contribution in [0.4, 0.5) is 15.8 Å². The summed E-state index contributed by atoms with van der Waals surface area (Å²) < 4.78 is 13.4. The molecule has 0 bridgehead atoms. The number of rotatable bonds is 7. The molecule has 0 atom stereocenters. The molecule has 2 aromatic rings. The van der Waals surface area contributed by atoms with Gasteiger partial charge >= 0.3 is 0 Å². The number of benzene rings is 2. The lowest BCUT2D eigenvalue weighted by atomic mass is 10.0. The summed E-state index contributed by atoms with van der Waals surface area (Å²) in [5.74, 6) is -1.15. The highest BCUT2D eigenvalue weighted by Crippen LogP contribution is 2.32. The minimum Gasteiger partial charge on any atom is -0.372 e. The summed E-state index contributed by atoms with van der Waals surface area (Å²) in [7, 11) is 0. The van der Waals surface area contributed by atoms with Crippen LogP contribution in [0, 0.1) is 5.82 Å². The van der Waals surface area contributed by atoms with Crippen LogP contribution in [-0.2, 0) is 9.59 Å². The van der Waals surface area contributed by atoms with Crippen molar-refractivity contribution in [2.75, 3.05) is 23.3 Å². The number of nitrogens with zero attached hydrogens (tertiary/aromatic N) is 2. The standard InChI is InChI=1S/C23H26FN3O2/c1-5-26(6-2)19-13-11-18(12-14-19)25-21-20(16-7-9-17(24)10-8-16)22(28)27(15(3)4)23(21)29/h7-15,25H,5-6H2,1-4H3. The van der Waals surface area contributed by atoms with Crippen LogP contribution in [-0.4, -0.2) is 35.8 Å². The van der Waals surface area contributed by atoms with Crippen molar-refractivity contribution in [3.05, 3.63) is 65.6 Å². The third-order valence-electron chi connectivity index (χ3n) is 5.03. The summed E-state index contributed by atoms with van der Waals surface area (Å²) in [5, 5.41) is 3.13. The van der Waals surface area contributed by atoms with Gasteiger partial charge in [-0.1, -0.05) is 12.1 Å². The van der Waals surface area contributed by atoms with Crippen LogP contribution in [0.2, 0.25) is 0 Å². The number of carbonyl (C=O) groups excluding carboxylic acids is 2. The van der Waals surface area contributed by atoms with E-state index in [-0.39, 0.29) is 29.1 Å². The van der Waals surface area contributed by atoms with Gasteiger partial charge in [0.25, 0.3) is 11.8 Å². The van der Waals surface area contributed by atoms with Crippen molar-refractivity contribution < 1.29 is 14.0 Å². The van der Waals surface area contributed by atoms with E-state index in [0.29, 0.717) is 11.3 Å². The number of anilines is 2. The van der Waals surface area contributed by atoms with Gasteiger partial charge in [0.1, 0.15) is 11.5 Å². The smallest absolute Gasteiger partial charge is 0.278 e. The highest BCUT2D eigenvalue weighted by molar-refractivity contribution is 6.36. The second-order valence-corrected chi connectivity index (χ2v) is 7.18. The molecular formula is C23H26FN3O2. The first-order chi connectivity index (χ1) is 13.9. The van der Waals surface area contributed by atoms with Gasteiger partial charge in [-0.05, 0) is 69.7 Å². The molecule has 1 aliphatic heterocycles. The Kier molecular flexibility index (Phi) is 6.01. The lowest BCUT2D eigenvalue weighted by molar-refractivity contribution is -0.138. The third kappa shape index (κ3) is 4.01. The van der Waals surface area contributed by atoms with E-state index in [1.165, 1.54) is 29.2 Å². The van der Waals surface area contributed by atoms with E-state index in [9.17, 15) is 14.0 Å². The molecule has 2 amide bonds. The van der Waals surface area contributed by atoms with Gasteiger partial charge in [-0.2, -0.15) is 0 Å². The molecule has 0 radical (unpaired) electrons.